The number of piperazine rings is 1. The zero-order valence-electron chi connectivity index (χ0n) is 17.5. The number of rotatable bonds is 7. The van der Waals surface area contributed by atoms with Crippen LogP contribution in [0, 0.1) is 0 Å². The Morgan fingerprint density at radius 1 is 1.13 bits per heavy atom. The molecule has 0 atom stereocenters. The van der Waals surface area contributed by atoms with Gasteiger partial charge in [-0.2, -0.15) is 0 Å². The van der Waals surface area contributed by atoms with E-state index < -0.39 is 0 Å². The number of benzene rings is 1. The summed E-state index contributed by atoms with van der Waals surface area (Å²) < 4.78 is 7.06. The van der Waals surface area contributed by atoms with Gasteiger partial charge in [-0.3, -0.25) is 14.7 Å². The molecule has 30 heavy (non-hydrogen) atoms. The molecule has 3 aromatic rings. The molecule has 4 rings (SSSR count). The Morgan fingerprint density at radius 3 is 2.57 bits per heavy atom. The number of ether oxygens (including phenoxy) is 1. The lowest BCUT2D eigenvalue weighted by atomic mass is 10.1. The van der Waals surface area contributed by atoms with Gasteiger partial charge in [0.15, 0.2) is 5.65 Å². The molecule has 0 saturated carbocycles. The van der Waals surface area contributed by atoms with E-state index in [9.17, 15) is 4.79 Å². The predicted molar refractivity (Wildman–Crippen MR) is 116 cm³/mol. The molecule has 8 nitrogen and oxygen atoms in total. The third-order valence-corrected chi connectivity index (χ3v) is 5.60. The summed E-state index contributed by atoms with van der Waals surface area (Å²) in [7, 11) is 1.64. The first kappa shape index (κ1) is 20.3. The third-order valence-electron chi connectivity index (χ3n) is 5.60. The minimum Gasteiger partial charge on any atom is -0.497 e. The fourth-order valence-electron chi connectivity index (χ4n) is 3.73. The third kappa shape index (κ3) is 4.44. The number of likely N-dealkylation sites (N-methyl/N-ethyl adjacent to an activating group) is 1. The van der Waals surface area contributed by atoms with Gasteiger partial charge in [0.25, 0.3) is 5.91 Å². The first-order valence-electron chi connectivity index (χ1n) is 10.4. The maximum atomic E-state index is 12.6. The SMILES string of the molecule is CCN1CCN(CCNC(=O)c2cn3ccnc(-c4ccc(OC)cc4)c3n2)CC1. The van der Waals surface area contributed by atoms with Crippen LogP contribution in [-0.4, -0.2) is 83.0 Å². The van der Waals surface area contributed by atoms with Crippen molar-refractivity contribution >= 4 is 11.6 Å². The number of methoxy groups -OCH3 is 1. The van der Waals surface area contributed by atoms with Gasteiger partial charge in [-0.05, 0) is 30.8 Å². The molecule has 1 fully saturated rings. The van der Waals surface area contributed by atoms with Crippen molar-refractivity contribution in [3.05, 3.63) is 48.5 Å². The zero-order chi connectivity index (χ0) is 20.9. The van der Waals surface area contributed by atoms with Crippen LogP contribution < -0.4 is 10.1 Å². The van der Waals surface area contributed by atoms with Crippen LogP contribution >= 0.6 is 0 Å². The molecule has 0 radical (unpaired) electrons. The van der Waals surface area contributed by atoms with E-state index >= 15 is 0 Å². The van der Waals surface area contributed by atoms with Gasteiger partial charge in [0, 0.05) is 63.4 Å². The van der Waals surface area contributed by atoms with E-state index in [0.717, 1.165) is 56.3 Å². The Bertz CT molecular complexity index is 993. The number of fused-ring (bicyclic) bond motifs is 1. The van der Waals surface area contributed by atoms with E-state index in [1.54, 1.807) is 25.7 Å². The average molecular weight is 409 g/mol. The van der Waals surface area contributed by atoms with Crippen molar-refractivity contribution in [2.75, 3.05) is 52.9 Å². The van der Waals surface area contributed by atoms with Crippen LogP contribution in [-0.2, 0) is 0 Å². The Hall–Kier alpha value is -2.97. The molecule has 2 aromatic heterocycles. The molecule has 0 aliphatic carbocycles. The fourth-order valence-corrected chi connectivity index (χ4v) is 3.73. The van der Waals surface area contributed by atoms with Crippen LogP contribution in [0.25, 0.3) is 16.9 Å². The van der Waals surface area contributed by atoms with Crippen LogP contribution in [0.2, 0.25) is 0 Å². The minimum atomic E-state index is -0.161. The van der Waals surface area contributed by atoms with Crippen LogP contribution in [0.4, 0.5) is 0 Å². The lowest BCUT2D eigenvalue weighted by molar-refractivity contribution is 0.0933. The molecule has 1 aliphatic heterocycles. The van der Waals surface area contributed by atoms with Gasteiger partial charge in [0.1, 0.15) is 17.1 Å². The summed E-state index contributed by atoms with van der Waals surface area (Å²) in [4.78, 5) is 26.5. The molecule has 1 amide bonds. The summed E-state index contributed by atoms with van der Waals surface area (Å²) in [5.41, 5.74) is 2.70. The molecule has 1 N–H and O–H groups in total. The number of carbonyl (C=O) groups excluding carboxylic acids is 1. The van der Waals surface area contributed by atoms with Crippen LogP contribution in [0.15, 0.2) is 42.9 Å². The summed E-state index contributed by atoms with van der Waals surface area (Å²) in [6.07, 6.45) is 5.27. The Morgan fingerprint density at radius 2 is 1.87 bits per heavy atom. The highest BCUT2D eigenvalue weighted by Crippen LogP contribution is 2.24. The molecule has 0 bridgehead atoms. The highest BCUT2D eigenvalue weighted by atomic mass is 16.5. The van der Waals surface area contributed by atoms with E-state index in [4.69, 9.17) is 4.74 Å². The highest BCUT2D eigenvalue weighted by molar-refractivity contribution is 5.93. The predicted octanol–water partition coefficient (Wildman–Crippen LogP) is 1.77. The van der Waals surface area contributed by atoms with Gasteiger partial charge in [0.2, 0.25) is 0 Å². The monoisotopic (exact) mass is 408 g/mol. The summed E-state index contributed by atoms with van der Waals surface area (Å²) in [5, 5.41) is 3.00. The second-order valence-electron chi connectivity index (χ2n) is 7.39. The van der Waals surface area contributed by atoms with Crippen molar-refractivity contribution in [1.29, 1.82) is 0 Å². The lowest BCUT2D eigenvalue weighted by Crippen LogP contribution is -2.48. The standard InChI is InChI=1S/C22H28N6O2/c1-3-26-12-14-27(15-13-26)10-8-24-22(29)19-16-28-11-9-23-20(21(28)25-19)17-4-6-18(30-2)7-5-17/h4-7,9,11,16H,3,8,10,12-15H2,1-2H3,(H,24,29). The molecular formula is C22H28N6O2. The summed E-state index contributed by atoms with van der Waals surface area (Å²) >= 11 is 0. The first-order chi connectivity index (χ1) is 14.7. The van der Waals surface area contributed by atoms with Gasteiger partial charge in [-0.1, -0.05) is 6.92 Å². The van der Waals surface area contributed by atoms with E-state index in [-0.39, 0.29) is 5.91 Å². The average Bonchev–Trinajstić information content (AvgIpc) is 3.24. The molecule has 3 heterocycles. The van der Waals surface area contributed by atoms with Gasteiger partial charge >= 0.3 is 0 Å². The minimum absolute atomic E-state index is 0.161. The fraction of sp³-hybridized carbons (Fsp3) is 0.409. The summed E-state index contributed by atoms with van der Waals surface area (Å²) in [5.74, 6) is 0.622. The molecule has 8 heteroatoms. The Kier molecular flexibility index (Phi) is 6.25. The number of carbonyl (C=O) groups is 1. The molecule has 0 unspecified atom stereocenters. The number of amides is 1. The molecule has 1 saturated heterocycles. The Labute approximate surface area is 176 Å². The van der Waals surface area contributed by atoms with E-state index in [2.05, 4.69) is 32.0 Å². The maximum absolute atomic E-state index is 12.6. The number of aromatic nitrogens is 3. The highest BCUT2D eigenvalue weighted by Gasteiger charge is 2.17. The molecular weight excluding hydrogens is 380 g/mol. The zero-order valence-corrected chi connectivity index (χ0v) is 17.5. The number of imidazole rings is 1. The number of hydrogen-bond acceptors (Lipinski definition) is 6. The number of hydrogen-bond donors (Lipinski definition) is 1. The molecule has 1 aliphatic rings. The van der Waals surface area contributed by atoms with E-state index in [1.807, 2.05) is 28.7 Å². The second-order valence-corrected chi connectivity index (χ2v) is 7.39. The lowest BCUT2D eigenvalue weighted by Gasteiger charge is -2.33. The van der Waals surface area contributed by atoms with Crippen molar-refractivity contribution in [2.45, 2.75) is 6.92 Å². The molecule has 1 aromatic carbocycles. The molecule has 0 spiro atoms. The van der Waals surface area contributed by atoms with Crippen molar-refractivity contribution < 1.29 is 9.53 Å². The summed E-state index contributed by atoms with van der Waals surface area (Å²) in [6, 6.07) is 7.65. The van der Waals surface area contributed by atoms with Crippen LogP contribution in [0.5, 0.6) is 5.75 Å². The van der Waals surface area contributed by atoms with Crippen LogP contribution in [0.3, 0.4) is 0 Å². The van der Waals surface area contributed by atoms with Gasteiger partial charge in [-0.15, -0.1) is 0 Å². The maximum Gasteiger partial charge on any atom is 0.271 e. The smallest absolute Gasteiger partial charge is 0.271 e. The summed E-state index contributed by atoms with van der Waals surface area (Å²) in [6.45, 7) is 9.06. The van der Waals surface area contributed by atoms with Crippen molar-refractivity contribution in [3.63, 3.8) is 0 Å². The van der Waals surface area contributed by atoms with Crippen molar-refractivity contribution in [1.82, 2.24) is 29.5 Å². The van der Waals surface area contributed by atoms with Crippen LogP contribution in [0.1, 0.15) is 17.4 Å². The topological polar surface area (TPSA) is 75.0 Å². The van der Waals surface area contributed by atoms with E-state index in [1.165, 1.54) is 0 Å². The first-order valence-corrected chi connectivity index (χ1v) is 10.4. The van der Waals surface area contributed by atoms with Crippen molar-refractivity contribution in [3.8, 4) is 17.0 Å². The molecule has 158 valence electrons. The second kappa shape index (κ2) is 9.23. The normalized spacial score (nSPS) is 15.4. The largest absolute Gasteiger partial charge is 0.497 e. The number of nitrogens with one attached hydrogen (secondary N) is 1. The quantitative estimate of drug-likeness (QED) is 0.642. The van der Waals surface area contributed by atoms with Crippen molar-refractivity contribution in [2.24, 2.45) is 0 Å². The Balaban J connectivity index is 1.41. The number of nitrogens with zero attached hydrogens (tertiary/aromatic N) is 5. The van der Waals surface area contributed by atoms with Gasteiger partial charge in [0.05, 0.1) is 7.11 Å². The van der Waals surface area contributed by atoms with Gasteiger partial charge in [-0.25, -0.2) is 4.98 Å². The van der Waals surface area contributed by atoms with Gasteiger partial charge < -0.3 is 19.4 Å². The van der Waals surface area contributed by atoms with E-state index in [0.29, 0.717) is 17.9 Å².